The summed E-state index contributed by atoms with van der Waals surface area (Å²) in [5.74, 6) is -0.131. The van der Waals surface area contributed by atoms with E-state index in [9.17, 15) is 9.18 Å². The van der Waals surface area contributed by atoms with Gasteiger partial charge in [0.1, 0.15) is 0 Å². The molecule has 1 fully saturated rings. The number of rotatable bonds is 6. The van der Waals surface area contributed by atoms with Crippen molar-refractivity contribution in [2.45, 2.75) is 0 Å². The van der Waals surface area contributed by atoms with Crippen LogP contribution in [-0.4, -0.2) is 59.0 Å². The molecule has 2 aromatic heterocycles. The van der Waals surface area contributed by atoms with Crippen molar-refractivity contribution in [1.29, 1.82) is 0 Å². The Hall–Kier alpha value is -4.37. The van der Waals surface area contributed by atoms with Gasteiger partial charge in [-0.1, -0.05) is 18.2 Å². The average Bonchev–Trinajstić information content (AvgIpc) is 2.90. The van der Waals surface area contributed by atoms with Gasteiger partial charge >= 0.3 is 0 Å². The van der Waals surface area contributed by atoms with Crippen molar-refractivity contribution < 1.29 is 9.18 Å². The lowest BCUT2D eigenvalue weighted by atomic mass is 10.1. The van der Waals surface area contributed by atoms with Crippen LogP contribution in [0.25, 0.3) is 22.2 Å². The highest BCUT2D eigenvalue weighted by Crippen LogP contribution is 2.31. The molecule has 182 valence electrons. The van der Waals surface area contributed by atoms with Gasteiger partial charge in [0.15, 0.2) is 0 Å². The van der Waals surface area contributed by atoms with Crippen LogP contribution in [0.5, 0.6) is 0 Å². The monoisotopic (exact) mass is 483 g/mol. The highest BCUT2D eigenvalue weighted by atomic mass is 19.1. The van der Waals surface area contributed by atoms with Gasteiger partial charge in [-0.25, -0.2) is 14.4 Å². The van der Waals surface area contributed by atoms with E-state index in [0.29, 0.717) is 22.8 Å². The second kappa shape index (κ2) is 10.5. The molecule has 0 spiro atoms. The van der Waals surface area contributed by atoms with E-state index in [-0.39, 0.29) is 6.33 Å². The fraction of sp³-hybridized carbons (Fsp3) is 0.185. The molecule has 0 unspecified atom stereocenters. The first-order valence-electron chi connectivity index (χ1n) is 11.7. The first kappa shape index (κ1) is 23.4. The molecule has 0 aliphatic carbocycles. The fourth-order valence-corrected chi connectivity index (χ4v) is 4.21. The largest absolute Gasteiger partial charge is 0.369 e. The van der Waals surface area contributed by atoms with E-state index < -0.39 is 5.91 Å². The van der Waals surface area contributed by atoms with Crippen molar-refractivity contribution >= 4 is 39.8 Å². The van der Waals surface area contributed by atoms with Crippen molar-refractivity contribution in [2.75, 3.05) is 48.8 Å². The van der Waals surface area contributed by atoms with Crippen LogP contribution in [0.4, 0.5) is 27.4 Å². The van der Waals surface area contributed by atoms with E-state index in [1.165, 1.54) is 5.69 Å². The summed E-state index contributed by atoms with van der Waals surface area (Å²) >= 11 is 0. The standard InChI is InChI=1S/C27H26FN7O/c1-34-14-16-35(17-15-34)21-9-7-20(8-10-21)31-27-30-18-19-4-2-5-22(25(19)33-27)26-23(6-3-13-29-26)32-24(36)11-12-28/h2-13,18H,14-17H2,1H3,(H,32,36)(H,30,31,33)/b12-11-. The van der Waals surface area contributed by atoms with Crippen LogP contribution >= 0.6 is 0 Å². The summed E-state index contributed by atoms with van der Waals surface area (Å²) in [6.07, 6.45) is 4.40. The summed E-state index contributed by atoms with van der Waals surface area (Å²) in [4.78, 5) is 30.4. The maximum atomic E-state index is 12.4. The minimum atomic E-state index is -0.580. The molecule has 5 rings (SSSR count). The predicted octanol–water partition coefficient (Wildman–Crippen LogP) is 4.61. The second-order valence-corrected chi connectivity index (χ2v) is 8.58. The Labute approximate surface area is 208 Å². The molecule has 0 saturated carbocycles. The molecule has 8 nitrogen and oxygen atoms in total. The molecule has 1 aliphatic rings. The van der Waals surface area contributed by atoms with Crippen molar-refractivity contribution in [2.24, 2.45) is 0 Å². The number of benzene rings is 2. The molecule has 0 bridgehead atoms. The summed E-state index contributed by atoms with van der Waals surface area (Å²) in [6, 6.07) is 17.4. The van der Waals surface area contributed by atoms with E-state index >= 15 is 0 Å². The van der Waals surface area contributed by atoms with Crippen LogP contribution in [0, 0.1) is 0 Å². The first-order chi connectivity index (χ1) is 17.6. The maximum absolute atomic E-state index is 12.4. The number of nitrogens with one attached hydrogen (secondary N) is 2. The van der Waals surface area contributed by atoms with Gasteiger partial charge < -0.3 is 20.4 Å². The number of hydrogen-bond acceptors (Lipinski definition) is 7. The Morgan fingerprint density at radius 3 is 2.58 bits per heavy atom. The predicted molar refractivity (Wildman–Crippen MR) is 141 cm³/mol. The Balaban J connectivity index is 1.42. The molecular weight excluding hydrogens is 457 g/mol. The maximum Gasteiger partial charge on any atom is 0.250 e. The third-order valence-corrected chi connectivity index (χ3v) is 6.14. The number of halogens is 1. The Morgan fingerprint density at radius 2 is 1.81 bits per heavy atom. The van der Waals surface area contributed by atoms with Crippen molar-refractivity contribution in [3.8, 4) is 11.3 Å². The third-order valence-electron chi connectivity index (χ3n) is 6.14. The summed E-state index contributed by atoms with van der Waals surface area (Å²) in [7, 11) is 2.15. The number of aromatic nitrogens is 3. The van der Waals surface area contributed by atoms with Crippen LogP contribution in [0.2, 0.25) is 0 Å². The number of likely N-dealkylation sites (N-methyl/N-ethyl adjacent to an activating group) is 1. The van der Waals surface area contributed by atoms with Gasteiger partial charge in [0.05, 0.1) is 23.2 Å². The summed E-state index contributed by atoms with van der Waals surface area (Å²) in [6.45, 7) is 4.14. The number of nitrogens with zero attached hydrogens (tertiary/aromatic N) is 5. The second-order valence-electron chi connectivity index (χ2n) is 8.58. The van der Waals surface area contributed by atoms with Gasteiger partial charge in [0, 0.05) is 67.0 Å². The van der Waals surface area contributed by atoms with E-state index in [1.54, 1.807) is 24.5 Å². The normalized spacial score (nSPS) is 14.3. The van der Waals surface area contributed by atoms with Crippen LogP contribution in [-0.2, 0) is 4.79 Å². The molecule has 2 N–H and O–H groups in total. The number of fused-ring (bicyclic) bond motifs is 1. The number of carbonyl (C=O) groups is 1. The smallest absolute Gasteiger partial charge is 0.250 e. The van der Waals surface area contributed by atoms with Crippen molar-refractivity contribution in [1.82, 2.24) is 19.9 Å². The van der Waals surface area contributed by atoms with Crippen molar-refractivity contribution in [3.05, 3.63) is 79.4 Å². The summed E-state index contributed by atoms with van der Waals surface area (Å²) < 4.78 is 12.4. The molecule has 1 amide bonds. The highest BCUT2D eigenvalue weighted by molar-refractivity contribution is 6.03. The van der Waals surface area contributed by atoms with Crippen LogP contribution in [0.1, 0.15) is 0 Å². The molecular formula is C27H26FN7O. The van der Waals surface area contributed by atoms with Gasteiger partial charge in [-0.05, 0) is 43.4 Å². The third kappa shape index (κ3) is 5.16. The van der Waals surface area contributed by atoms with E-state index in [4.69, 9.17) is 4.98 Å². The number of para-hydroxylation sites is 1. The Morgan fingerprint density at radius 1 is 1.00 bits per heavy atom. The number of carbonyl (C=O) groups excluding carboxylic acids is 1. The van der Waals surface area contributed by atoms with Crippen LogP contribution in [0.3, 0.4) is 0 Å². The lowest BCUT2D eigenvalue weighted by Gasteiger charge is -2.34. The van der Waals surface area contributed by atoms with E-state index in [2.05, 4.69) is 49.6 Å². The average molecular weight is 484 g/mol. The minimum absolute atomic E-state index is 0.201. The zero-order chi connectivity index (χ0) is 24.9. The summed E-state index contributed by atoms with van der Waals surface area (Å²) in [5, 5.41) is 6.78. The zero-order valence-corrected chi connectivity index (χ0v) is 19.9. The van der Waals surface area contributed by atoms with E-state index in [0.717, 1.165) is 48.9 Å². The Kier molecular flexibility index (Phi) is 6.81. The van der Waals surface area contributed by atoms with Crippen LogP contribution < -0.4 is 15.5 Å². The molecule has 1 aliphatic heterocycles. The van der Waals surface area contributed by atoms with Gasteiger partial charge in [-0.15, -0.1) is 0 Å². The van der Waals surface area contributed by atoms with Crippen LogP contribution in [0.15, 0.2) is 79.4 Å². The molecule has 9 heteroatoms. The first-order valence-corrected chi connectivity index (χ1v) is 11.7. The fourth-order valence-electron chi connectivity index (χ4n) is 4.21. The quantitative estimate of drug-likeness (QED) is 0.388. The Bertz CT molecular complexity index is 1400. The van der Waals surface area contributed by atoms with Crippen molar-refractivity contribution in [3.63, 3.8) is 0 Å². The molecule has 3 heterocycles. The number of piperazine rings is 1. The molecule has 36 heavy (non-hydrogen) atoms. The zero-order valence-electron chi connectivity index (χ0n) is 19.9. The SMILES string of the molecule is CN1CCN(c2ccc(Nc3ncc4cccc(-c5ncccc5NC(=O)/C=C\F)c4n3)cc2)CC1. The summed E-state index contributed by atoms with van der Waals surface area (Å²) in [5.41, 5.74) is 4.48. The highest BCUT2D eigenvalue weighted by Gasteiger charge is 2.15. The number of pyridine rings is 1. The molecule has 0 atom stereocenters. The lowest BCUT2D eigenvalue weighted by Crippen LogP contribution is -2.44. The van der Waals surface area contributed by atoms with Gasteiger partial charge in [0.25, 0.3) is 5.91 Å². The molecule has 0 radical (unpaired) electrons. The lowest BCUT2D eigenvalue weighted by molar-refractivity contribution is -0.111. The van der Waals surface area contributed by atoms with Gasteiger partial charge in [-0.2, -0.15) is 0 Å². The minimum Gasteiger partial charge on any atom is -0.369 e. The van der Waals surface area contributed by atoms with E-state index in [1.807, 2.05) is 30.3 Å². The number of anilines is 4. The van der Waals surface area contributed by atoms with Gasteiger partial charge in [0.2, 0.25) is 5.95 Å². The molecule has 1 saturated heterocycles. The number of amides is 1. The number of hydrogen-bond donors (Lipinski definition) is 2. The van der Waals surface area contributed by atoms with Gasteiger partial charge in [-0.3, -0.25) is 9.78 Å². The molecule has 4 aromatic rings. The molecule has 2 aromatic carbocycles. The topological polar surface area (TPSA) is 86.3 Å².